The molecule has 174 valence electrons. The summed E-state index contributed by atoms with van der Waals surface area (Å²) in [5.74, 6) is 0.226. The van der Waals surface area contributed by atoms with Gasteiger partial charge in [-0.3, -0.25) is 9.59 Å². The Morgan fingerprint density at radius 2 is 1.81 bits per heavy atom. The van der Waals surface area contributed by atoms with E-state index < -0.39 is 6.04 Å². The van der Waals surface area contributed by atoms with Crippen LogP contribution < -0.4 is 10.1 Å². The molecule has 2 aromatic rings. The molecule has 0 bridgehead atoms. The third kappa shape index (κ3) is 7.42. The maximum absolute atomic E-state index is 13.3. The van der Waals surface area contributed by atoms with Crippen molar-refractivity contribution in [1.82, 2.24) is 10.2 Å². The number of hydrogen-bond donors (Lipinski definition) is 1. The average molecular weight is 479 g/mol. The number of nitrogens with one attached hydrogen (secondary N) is 1. The summed E-state index contributed by atoms with van der Waals surface area (Å²) in [5.41, 5.74) is 2.79. The topological polar surface area (TPSA) is 58.6 Å². The van der Waals surface area contributed by atoms with Gasteiger partial charge in [0.05, 0.1) is 10.0 Å². The molecule has 1 N–H and O–H groups in total. The Bertz CT molecular complexity index is 933. The molecular formula is C25H32Cl2N2O3. The largest absolute Gasteiger partial charge is 0.483 e. The lowest BCUT2D eigenvalue weighted by atomic mass is 10.1. The molecule has 0 radical (unpaired) electrons. The first kappa shape index (κ1) is 26.0. The average Bonchev–Trinajstić information content (AvgIpc) is 2.76. The summed E-state index contributed by atoms with van der Waals surface area (Å²) in [6.45, 7) is 8.51. The molecule has 0 saturated heterocycles. The zero-order chi connectivity index (χ0) is 23.7. The number of benzene rings is 2. The molecule has 32 heavy (non-hydrogen) atoms. The van der Waals surface area contributed by atoms with Crippen LogP contribution in [0.4, 0.5) is 0 Å². The van der Waals surface area contributed by atoms with Gasteiger partial charge >= 0.3 is 0 Å². The molecule has 0 aliphatic rings. The van der Waals surface area contributed by atoms with E-state index in [2.05, 4.69) is 12.2 Å². The molecule has 2 amide bonds. The lowest BCUT2D eigenvalue weighted by molar-refractivity contribution is -0.143. The smallest absolute Gasteiger partial charge is 0.261 e. The minimum atomic E-state index is -0.615. The van der Waals surface area contributed by atoms with Crippen molar-refractivity contribution in [1.29, 1.82) is 0 Å². The van der Waals surface area contributed by atoms with Crippen LogP contribution in [0.25, 0.3) is 0 Å². The molecule has 2 aromatic carbocycles. The SMILES string of the molecule is CCCCNC(=O)[C@H](CC)N(Cc1ccc(Cl)c(Cl)c1)C(=O)COc1cc(C)ccc1C. The lowest BCUT2D eigenvalue weighted by Crippen LogP contribution is -2.50. The van der Waals surface area contributed by atoms with E-state index in [1.165, 1.54) is 0 Å². The number of unbranched alkanes of at least 4 members (excludes halogenated alkanes) is 1. The standard InChI is InChI=1S/C25H32Cl2N2O3/c1-5-7-12-28-25(31)22(6-2)29(15-19-10-11-20(26)21(27)14-19)24(30)16-32-23-13-17(3)8-9-18(23)4/h8-11,13-14,22H,5-7,12,15-16H2,1-4H3,(H,28,31)/t22-/m0/s1. The molecule has 5 nitrogen and oxygen atoms in total. The van der Waals surface area contributed by atoms with Crippen molar-refractivity contribution in [3.05, 3.63) is 63.1 Å². The van der Waals surface area contributed by atoms with E-state index in [4.69, 9.17) is 27.9 Å². The number of carbonyl (C=O) groups excluding carboxylic acids is 2. The van der Waals surface area contributed by atoms with Crippen LogP contribution >= 0.6 is 23.2 Å². The number of ether oxygens (including phenoxy) is 1. The Balaban J connectivity index is 2.24. The summed E-state index contributed by atoms with van der Waals surface area (Å²) in [6.07, 6.45) is 2.35. The Kier molecular flexibility index (Phi) is 10.3. The van der Waals surface area contributed by atoms with Crippen molar-refractivity contribution >= 4 is 35.0 Å². The van der Waals surface area contributed by atoms with E-state index in [0.29, 0.717) is 28.8 Å². The normalized spacial score (nSPS) is 11.7. The van der Waals surface area contributed by atoms with Crippen LogP contribution in [0.2, 0.25) is 10.0 Å². The maximum Gasteiger partial charge on any atom is 0.261 e. The molecule has 2 rings (SSSR count). The van der Waals surface area contributed by atoms with Crippen LogP contribution in [0.15, 0.2) is 36.4 Å². The van der Waals surface area contributed by atoms with E-state index in [1.807, 2.05) is 45.0 Å². The van der Waals surface area contributed by atoms with Crippen molar-refractivity contribution < 1.29 is 14.3 Å². The number of aryl methyl sites for hydroxylation is 2. The highest BCUT2D eigenvalue weighted by molar-refractivity contribution is 6.42. The van der Waals surface area contributed by atoms with Crippen molar-refractivity contribution in [2.45, 2.75) is 59.5 Å². The molecule has 0 spiro atoms. The summed E-state index contributed by atoms with van der Waals surface area (Å²) >= 11 is 12.2. The molecular weight excluding hydrogens is 447 g/mol. The number of rotatable bonds is 11. The van der Waals surface area contributed by atoms with Gasteiger partial charge in [0.15, 0.2) is 6.61 Å². The fraction of sp³-hybridized carbons (Fsp3) is 0.440. The molecule has 0 saturated carbocycles. The van der Waals surface area contributed by atoms with Gasteiger partial charge in [0, 0.05) is 13.1 Å². The van der Waals surface area contributed by atoms with Gasteiger partial charge in [0.2, 0.25) is 5.91 Å². The number of carbonyl (C=O) groups is 2. The molecule has 1 atom stereocenters. The Morgan fingerprint density at radius 3 is 2.47 bits per heavy atom. The van der Waals surface area contributed by atoms with Gasteiger partial charge in [-0.05, 0) is 61.6 Å². The predicted octanol–water partition coefficient (Wildman–Crippen LogP) is 5.71. The highest BCUT2D eigenvalue weighted by Gasteiger charge is 2.29. The molecule has 0 aliphatic heterocycles. The van der Waals surface area contributed by atoms with Crippen molar-refractivity contribution in [3.8, 4) is 5.75 Å². The number of halogens is 2. The van der Waals surface area contributed by atoms with E-state index in [9.17, 15) is 9.59 Å². The minimum Gasteiger partial charge on any atom is -0.483 e. The first-order valence-corrected chi connectivity index (χ1v) is 11.7. The fourth-order valence-electron chi connectivity index (χ4n) is 3.35. The van der Waals surface area contributed by atoms with Crippen molar-refractivity contribution in [2.75, 3.05) is 13.2 Å². The monoisotopic (exact) mass is 478 g/mol. The van der Waals surface area contributed by atoms with Crippen LogP contribution in [0.1, 0.15) is 49.8 Å². The summed E-state index contributed by atoms with van der Waals surface area (Å²) < 4.78 is 5.84. The number of nitrogens with zero attached hydrogens (tertiary/aromatic N) is 1. The molecule has 0 heterocycles. The summed E-state index contributed by atoms with van der Waals surface area (Å²) in [5, 5.41) is 3.79. The first-order chi connectivity index (χ1) is 15.3. The van der Waals surface area contributed by atoms with E-state index in [0.717, 1.165) is 29.5 Å². The minimum absolute atomic E-state index is 0.162. The number of hydrogen-bond acceptors (Lipinski definition) is 3. The zero-order valence-corrected chi connectivity index (χ0v) is 20.7. The third-order valence-corrected chi connectivity index (χ3v) is 5.99. The summed E-state index contributed by atoms with van der Waals surface area (Å²) in [7, 11) is 0. The van der Waals surface area contributed by atoms with E-state index in [-0.39, 0.29) is 25.0 Å². The second-order valence-corrected chi connectivity index (χ2v) is 8.71. The van der Waals surface area contributed by atoms with Crippen LogP contribution in [-0.4, -0.2) is 35.9 Å². The predicted molar refractivity (Wildman–Crippen MR) is 130 cm³/mol. The third-order valence-electron chi connectivity index (χ3n) is 5.25. The lowest BCUT2D eigenvalue weighted by Gasteiger charge is -2.30. The Hall–Kier alpha value is -2.24. The summed E-state index contributed by atoms with van der Waals surface area (Å²) in [4.78, 5) is 27.7. The van der Waals surface area contributed by atoms with Gasteiger partial charge in [-0.1, -0.05) is 61.7 Å². The zero-order valence-electron chi connectivity index (χ0n) is 19.2. The quantitative estimate of drug-likeness (QED) is 0.420. The van der Waals surface area contributed by atoms with Crippen LogP contribution in [-0.2, 0) is 16.1 Å². The Labute approximate surface area is 201 Å². The van der Waals surface area contributed by atoms with Crippen molar-refractivity contribution in [3.63, 3.8) is 0 Å². The highest BCUT2D eigenvalue weighted by Crippen LogP contribution is 2.24. The van der Waals surface area contributed by atoms with E-state index in [1.54, 1.807) is 17.0 Å². The second-order valence-electron chi connectivity index (χ2n) is 7.90. The Morgan fingerprint density at radius 1 is 1.06 bits per heavy atom. The van der Waals surface area contributed by atoms with Gasteiger partial charge in [-0.15, -0.1) is 0 Å². The first-order valence-electron chi connectivity index (χ1n) is 11.0. The second kappa shape index (κ2) is 12.7. The molecule has 7 heteroatoms. The van der Waals surface area contributed by atoms with Gasteiger partial charge in [-0.25, -0.2) is 0 Å². The van der Waals surface area contributed by atoms with Gasteiger partial charge in [0.25, 0.3) is 5.91 Å². The summed E-state index contributed by atoms with van der Waals surface area (Å²) in [6, 6.07) is 10.5. The molecule has 0 aliphatic carbocycles. The molecule has 0 fully saturated rings. The van der Waals surface area contributed by atoms with E-state index >= 15 is 0 Å². The fourth-order valence-corrected chi connectivity index (χ4v) is 3.67. The van der Waals surface area contributed by atoms with Crippen LogP contribution in [0.5, 0.6) is 5.75 Å². The molecule has 0 aromatic heterocycles. The van der Waals surface area contributed by atoms with Gasteiger partial charge < -0.3 is 15.0 Å². The van der Waals surface area contributed by atoms with Crippen LogP contribution in [0.3, 0.4) is 0 Å². The van der Waals surface area contributed by atoms with Gasteiger partial charge in [-0.2, -0.15) is 0 Å². The molecule has 0 unspecified atom stereocenters. The van der Waals surface area contributed by atoms with Gasteiger partial charge in [0.1, 0.15) is 11.8 Å². The number of amides is 2. The highest BCUT2D eigenvalue weighted by atomic mass is 35.5. The van der Waals surface area contributed by atoms with Crippen LogP contribution in [0, 0.1) is 13.8 Å². The maximum atomic E-state index is 13.3. The van der Waals surface area contributed by atoms with Crippen molar-refractivity contribution in [2.24, 2.45) is 0 Å².